The first-order valence-corrected chi connectivity index (χ1v) is 10.1. The Morgan fingerprint density at radius 2 is 1.81 bits per heavy atom. The van der Waals surface area contributed by atoms with Crippen LogP contribution >= 0.6 is 0 Å². The van der Waals surface area contributed by atoms with Crippen molar-refractivity contribution in [2.45, 2.75) is 70.3 Å². The molecule has 1 aliphatic carbocycles. The summed E-state index contributed by atoms with van der Waals surface area (Å²) in [6.45, 7) is 1.94. The van der Waals surface area contributed by atoms with E-state index in [0.29, 0.717) is 18.5 Å². The van der Waals surface area contributed by atoms with Gasteiger partial charge in [-0.05, 0) is 43.4 Å². The van der Waals surface area contributed by atoms with E-state index in [1.165, 1.54) is 18.4 Å². The average Bonchev–Trinajstić information content (AvgIpc) is 2.88. The number of carbonyl (C=O) groups is 3. The number of aryl methyl sites for hydroxylation is 1. The molecule has 0 unspecified atom stereocenters. The maximum atomic E-state index is 12.7. The fraction of sp³-hybridized carbons (Fsp3) is 0.571. The van der Waals surface area contributed by atoms with Crippen LogP contribution in [0.3, 0.4) is 0 Å². The van der Waals surface area contributed by atoms with E-state index in [0.717, 1.165) is 37.0 Å². The summed E-state index contributed by atoms with van der Waals surface area (Å²) in [4.78, 5) is 38.3. The van der Waals surface area contributed by atoms with Crippen molar-refractivity contribution in [2.24, 2.45) is 0 Å². The Balaban J connectivity index is 1.54. The van der Waals surface area contributed by atoms with Crippen molar-refractivity contribution in [1.29, 1.82) is 0 Å². The van der Waals surface area contributed by atoms with Crippen LogP contribution in [0.2, 0.25) is 0 Å². The molecule has 2 aliphatic rings. The number of carbonyl (C=O) groups excluding carboxylic acids is 3. The number of hydrogen-bond donors (Lipinski definition) is 2. The SMILES string of the molecule is CCCCCc1ccc(NC(=O)CN2C(=O)NC3(CCCCC3)C2=O)cc1. The number of unbranched alkanes of at least 4 members (excludes halogenated alkanes) is 2. The van der Waals surface area contributed by atoms with Gasteiger partial charge in [0.1, 0.15) is 12.1 Å². The van der Waals surface area contributed by atoms with Crippen LogP contribution in [0.25, 0.3) is 0 Å². The van der Waals surface area contributed by atoms with Crippen molar-refractivity contribution < 1.29 is 14.4 Å². The van der Waals surface area contributed by atoms with Crippen LogP contribution in [-0.2, 0) is 16.0 Å². The second-order valence-corrected chi connectivity index (χ2v) is 7.67. The normalized spacial score (nSPS) is 18.6. The van der Waals surface area contributed by atoms with Crippen LogP contribution in [0, 0.1) is 0 Å². The highest BCUT2D eigenvalue weighted by Gasteiger charge is 2.51. The van der Waals surface area contributed by atoms with E-state index in [9.17, 15) is 14.4 Å². The molecule has 4 amide bonds. The molecule has 1 spiro atoms. The average molecular weight is 371 g/mol. The summed E-state index contributed by atoms with van der Waals surface area (Å²) < 4.78 is 0. The molecule has 3 rings (SSSR count). The van der Waals surface area contributed by atoms with E-state index in [2.05, 4.69) is 17.6 Å². The lowest BCUT2D eigenvalue weighted by Crippen LogP contribution is -2.48. The van der Waals surface area contributed by atoms with Crippen LogP contribution in [-0.4, -0.2) is 34.8 Å². The van der Waals surface area contributed by atoms with Gasteiger partial charge in [0.25, 0.3) is 5.91 Å². The van der Waals surface area contributed by atoms with E-state index < -0.39 is 11.6 Å². The lowest BCUT2D eigenvalue weighted by Gasteiger charge is -2.30. The number of benzene rings is 1. The molecule has 1 aliphatic heterocycles. The zero-order valence-electron chi connectivity index (χ0n) is 16.1. The Morgan fingerprint density at radius 3 is 2.48 bits per heavy atom. The highest BCUT2D eigenvalue weighted by atomic mass is 16.2. The Hall–Kier alpha value is -2.37. The second kappa shape index (κ2) is 8.55. The van der Waals surface area contributed by atoms with Gasteiger partial charge >= 0.3 is 6.03 Å². The monoisotopic (exact) mass is 371 g/mol. The molecule has 6 nitrogen and oxygen atoms in total. The van der Waals surface area contributed by atoms with Gasteiger partial charge in [-0.3, -0.25) is 14.5 Å². The van der Waals surface area contributed by atoms with E-state index in [1.54, 1.807) is 0 Å². The van der Waals surface area contributed by atoms with E-state index in [-0.39, 0.29) is 18.4 Å². The van der Waals surface area contributed by atoms with Gasteiger partial charge < -0.3 is 10.6 Å². The number of rotatable bonds is 7. The number of anilines is 1. The molecular formula is C21H29N3O3. The van der Waals surface area contributed by atoms with Crippen LogP contribution in [0.4, 0.5) is 10.5 Å². The number of hydrogen-bond acceptors (Lipinski definition) is 3. The maximum absolute atomic E-state index is 12.7. The van der Waals surface area contributed by atoms with E-state index in [4.69, 9.17) is 0 Å². The van der Waals surface area contributed by atoms with Crippen LogP contribution in [0.1, 0.15) is 63.9 Å². The minimum absolute atomic E-state index is 0.245. The molecule has 1 saturated heterocycles. The van der Waals surface area contributed by atoms with Gasteiger partial charge in [0.05, 0.1) is 0 Å². The molecule has 1 aromatic rings. The topological polar surface area (TPSA) is 78.5 Å². The summed E-state index contributed by atoms with van der Waals surface area (Å²) in [5, 5.41) is 5.61. The maximum Gasteiger partial charge on any atom is 0.325 e. The fourth-order valence-corrected chi connectivity index (χ4v) is 3.99. The Bertz CT molecular complexity index is 693. The number of nitrogens with zero attached hydrogens (tertiary/aromatic N) is 1. The first-order chi connectivity index (χ1) is 13.0. The number of nitrogens with one attached hydrogen (secondary N) is 2. The van der Waals surface area contributed by atoms with Crippen molar-refractivity contribution in [3.05, 3.63) is 29.8 Å². The highest BCUT2D eigenvalue weighted by Crippen LogP contribution is 2.33. The predicted octanol–water partition coefficient (Wildman–Crippen LogP) is 3.61. The quantitative estimate of drug-likeness (QED) is 0.568. The lowest BCUT2D eigenvalue weighted by atomic mass is 9.82. The van der Waals surface area contributed by atoms with Gasteiger partial charge in [-0.25, -0.2) is 4.79 Å². The lowest BCUT2D eigenvalue weighted by molar-refractivity contribution is -0.134. The number of urea groups is 1. The smallest absolute Gasteiger partial charge is 0.325 e. The fourth-order valence-electron chi connectivity index (χ4n) is 3.99. The van der Waals surface area contributed by atoms with Crippen molar-refractivity contribution in [3.63, 3.8) is 0 Å². The van der Waals surface area contributed by atoms with Gasteiger partial charge in [-0.2, -0.15) is 0 Å². The van der Waals surface area contributed by atoms with Gasteiger partial charge in [0.2, 0.25) is 5.91 Å². The number of amides is 4. The zero-order chi connectivity index (χ0) is 19.3. The zero-order valence-corrected chi connectivity index (χ0v) is 16.1. The Morgan fingerprint density at radius 1 is 1.11 bits per heavy atom. The van der Waals surface area contributed by atoms with Gasteiger partial charge in [0, 0.05) is 5.69 Å². The molecule has 146 valence electrons. The van der Waals surface area contributed by atoms with Crippen molar-refractivity contribution in [1.82, 2.24) is 10.2 Å². The molecule has 6 heteroatoms. The molecule has 1 aromatic carbocycles. The minimum atomic E-state index is -0.782. The summed E-state index contributed by atoms with van der Waals surface area (Å²) in [5.74, 6) is -0.612. The molecule has 0 radical (unpaired) electrons. The van der Waals surface area contributed by atoms with Gasteiger partial charge in [-0.1, -0.05) is 51.2 Å². The molecule has 0 aromatic heterocycles. The predicted molar refractivity (Wildman–Crippen MR) is 104 cm³/mol. The summed E-state index contributed by atoms with van der Waals surface area (Å²) in [7, 11) is 0. The number of imide groups is 1. The van der Waals surface area contributed by atoms with Crippen molar-refractivity contribution in [2.75, 3.05) is 11.9 Å². The van der Waals surface area contributed by atoms with Crippen LogP contribution in [0.15, 0.2) is 24.3 Å². The molecule has 2 fully saturated rings. The third-order valence-corrected chi connectivity index (χ3v) is 5.56. The van der Waals surface area contributed by atoms with Crippen LogP contribution < -0.4 is 10.6 Å². The first kappa shape index (κ1) is 19.4. The molecule has 27 heavy (non-hydrogen) atoms. The molecule has 0 bridgehead atoms. The minimum Gasteiger partial charge on any atom is -0.325 e. The summed E-state index contributed by atoms with van der Waals surface area (Å²) >= 11 is 0. The van der Waals surface area contributed by atoms with Gasteiger partial charge in [-0.15, -0.1) is 0 Å². The molecule has 1 heterocycles. The third-order valence-electron chi connectivity index (χ3n) is 5.56. The first-order valence-electron chi connectivity index (χ1n) is 10.1. The second-order valence-electron chi connectivity index (χ2n) is 7.67. The summed E-state index contributed by atoms with van der Waals surface area (Å²) in [5.41, 5.74) is 1.14. The summed E-state index contributed by atoms with van der Waals surface area (Å²) in [6.07, 6.45) is 8.87. The molecule has 2 N–H and O–H groups in total. The van der Waals surface area contributed by atoms with E-state index in [1.807, 2.05) is 24.3 Å². The van der Waals surface area contributed by atoms with Gasteiger partial charge in [0.15, 0.2) is 0 Å². The van der Waals surface area contributed by atoms with Crippen molar-refractivity contribution >= 4 is 23.5 Å². The Labute approximate surface area is 160 Å². The van der Waals surface area contributed by atoms with Crippen LogP contribution in [0.5, 0.6) is 0 Å². The summed E-state index contributed by atoms with van der Waals surface area (Å²) in [6, 6.07) is 7.30. The Kier molecular flexibility index (Phi) is 6.14. The standard InChI is InChI=1S/C21H29N3O3/c1-2-3-5-8-16-9-11-17(12-10-16)22-18(25)15-24-19(26)21(23-20(24)27)13-6-4-7-14-21/h9-12H,2-8,13-15H2,1H3,(H,22,25)(H,23,27). The van der Waals surface area contributed by atoms with E-state index >= 15 is 0 Å². The van der Waals surface area contributed by atoms with Crippen molar-refractivity contribution in [3.8, 4) is 0 Å². The molecular weight excluding hydrogens is 342 g/mol. The molecule has 0 atom stereocenters. The largest absolute Gasteiger partial charge is 0.325 e. The third kappa shape index (κ3) is 4.49. The molecule has 1 saturated carbocycles. The highest BCUT2D eigenvalue weighted by molar-refractivity contribution is 6.10.